The number of sulfone groups is 1. The molecule has 4 heterocycles. The first-order valence-electron chi connectivity index (χ1n) is 16.2. The van der Waals surface area contributed by atoms with Gasteiger partial charge in [-0.3, -0.25) is 4.79 Å². The number of carboxylic acid groups (broad SMARTS) is 1. The molecule has 2 amide bonds. The molecule has 3 aliphatic rings. The van der Waals surface area contributed by atoms with E-state index in [0.717, 1.165) is 9.58 Å². The Hall–Kier alpha value is -5.96. The van der Waals surface area contributed by atoms with Crippen molar-refractivity contribution in [1.29, 1.82) is 5.26 Å². The van der Waals surface area contributed by atoms with Gasteiger partial charge in [-0.2, -0.15) is 19.9 Å². The molecule has 0 bridgehead atoms. The van der Waals surface area contributed by atoms with Crippen molar-refractivity contribution in [2.24, 2.45) is 0 Å². The van der Waals surface area contributed by atoms with Crippen molar-refractivity contribution in [3.63, 3.8) is 0 Å². The quantitative estimate of drug-likeness (QED) is 0.287. The lowest BCUT2D eigenvalue weighted by molar-refractivity contribution is -0.119. The van der Waals surface area contributed by atoms with Crippen LogP contribution in [0, 0.1) is 11.3 Å². The Labute approximate surface area is 297 Å². The largest absolute Gasteiger partial charge is 0.497 e. The first-order chi connectivity index (χ1) is 24.6. The molecule has 2 fully saturated rings. The summed E-state index contributed by atoms with van der Waals surface area (Å²) < 4.78 is 42.0. The van der Waals surface area contributed by atoms with E-state index in [-0.39, 0.29) is 59.3 Å². The number of carbonyl (C=O) groups excluding carboxylic acids is 2. The third-order valence-corrected chi connectivity index (χ3v) is 11.0. The molecular weight excluding hydrogens is 696 g/mol. The maximum Gasteiger partial charge on any atom is 0.435 e. The Morgan fingerprint density at radius 2 is 1.79 bits per heavy atom. The summed E-state index contributed by atoms with van der Waals surface area (Å²) >= 11 is 0. The molecule has 4 aromatic rings. The van der Waals surface area contributed by atoms with E-state index in [1.165, 1.54) is 14.2 Å². The van der Waals surface area contributed by atoms with Crippen LogP contribution in [0.25, 0.3) is 10.9 Å². The molecule has 270 valence electrons. The van der Waals surface area contributed by atoms with Crippen molar-refractivity contribution in [2.45, 2.75) is 44.1 Å². The Morgan fingerprint density at radius 3 is 2.42 bits per heavy atom. The maximum atomic E-state index is 13.8. The number of hydrogen-bond donors (Lipinski definition) is 2. The second-order valence-electron chi connectivity index (χ2n) is 13.7. The van der Waals surface area contributed by atoms with Gasteiger partial charge >= 0.3 is 12.2 Å². The molecule has 2 atom stereocenters. The Morgan fingerprint density at radius 1 is 1.06 bits per heavy atom. The third-order valence-electron chi connectivity index (χ3n) is 9.37. The van der Waals surface area contributed by atoms with E-state index in [4.69, 9.17) is 14.2 Å². The molecular formula is C34H34N8O9S. The monoisotopic (exact) mass is 730 g/mol. The molecule has 0 radical (unpaired) electrons. The predicted octanol–water partition coefficient (Wildman–Crippen LogP) is 3.93. The molecule has 18 heteroatoms. The van der Waals surface area contributed by atoms with Gasteiger partial charge in [-0.15, -0.1) is 5.10 Å². The predicted molar refractivity (Wildman–Crippen MR) is 186 cm³/mol. The summed E-state index contributed by atoms with van der Waals surface area (Å²) in [5, 5.41) is 27.8. The molecule has 1 spiro atoms. The fourth-order valence-corrected chi connectivity index (χ4v) is 8.11. The fraction of sp³-hybridized carbons (Fsp3) is 0.382. The van der Waals surface area contributed by atoms with Crippen LogP contribution in [0.5, 0.6) is 11.5 Å². The number of aromatic nitrogens is 4. The molecule has 0 unspecified atom stereocenters. The first kappa shape index (κ1) is 34.5. The molecule has 2 aromatic carbocycles. The summed E-state index contributed by atoms with van der Waals surface area (Å²) in [7, 11) is -0.342. The Kier molecular flexibility index (Phi) is 8.01. The van der Waals surface area contributed by atoms with E-state index in [9.17, 15) is 33.2 Å². The van der Waals surface area contributed by atoms with Crippen molar-refractivity contribution < 1.29 is 42.1 Å². The number of hydrogen-bond acceptors (Lipinski definition) is 14. The first-order valence-corrected chi connectivity index (χ1v) is 18.0. The molecule has 2 aromatic heterocycles. The van der Waals surface area contributed by atoms with Crippen molar-refractivity contribution in [3.8, 4) is 17.6 Å². The van der Waals surface area contributed by atoms with Crippen LogP contribution in [0.2, 0.25) is 0 Å². The van der Waals surface area contributed by atoms with E-state index in [1.807, 2.05) is 6.07 Å². The molecule has 17 nitrogen and oxygen atoms in total. The van der Waals surface area contributed by atoms with Gasteiger partial charge in [0, 0.05) is 24.4 Å². The van der Waals surface area contributed by atoms with Crippen LogP contribution in [0.15, 0.2) is 36.4 Å². The standard InChI is InChI=1S/C34H34N8O9S/c1-33(2,3)51-32(46)42-24-14-18(22-16-34(22)21-15-19(49-4)7-9-23(21)41(30(34)43)31(44)45)6-8-20(24)27(39-42)38-28-26(50-5)29(37-25(17-35)36-28)40-10-12-52(47,48)13-11-40/h6-9,14-15,22H,10-13,16H2,1-5H3,(H,44,45)(H,36,37,38,39)/t22-,34-/m0/s1. The molecule has 1 aliphatic carbocycles. The minimum Gasteiger partial charge on any atom is -0.497 e. The smallest absolute Gasteiger partial charge is 0.435 e. The number of benzene rings is 2. The van der Waals surface area contributed by atoms with Crippen molar-refractivity contribution in [1.82, 2.24) is 19.7 Å². The Bertz CT molecular complexity index is 2330. The average molecular weight is 731 g/mol. The number of ether oxygens (including phenoxy) is 3. The van der Waals surface area contributed by atoms with Gasteiger partial charge in [0.1, 0.15) is 17.4 Å². The summed E-state index contributed by atoms with van der Waals surface area (Å²) in [4.78, 5) is 50.7. The van der Waals surface area contributed by atoms with Crippen LogP contribution in [-0.2, 0) is 24.8 Å². The van der Waals surface area contributed by atoms with Crippen molar-refractivity contribution >= 4 is 62.0 Å². The number of nitrogens with one attached hydrogen (secondary N) is 1. The summed E-state index contributed by atoms with van der Waals surface area (Å²) in [6, 6.07) is 12.0. The molecule has 2 aliphatic heterocycles. The second-order valence-corrected chi connectivity index (χ2v) is 16.0. The van der Waals surface area contributed by atoms with Crippen LogP contribution >= 0.6 is 0 Å². The van der Waals surface area contributed by atoms with E-state index in [1.54, 1.807) is 62.1 Å². The van der Waals surface area contributed by atoms with Crippen LogP contribution in [0.3, 0.4) is 0 Å². The van der Waals surface area contributed by atoms with Crippen molar-refractivity contribution in [3.05, 3.63) is 53.3 Å². The van der Waals surface area contributed by atoms with E-state index in [0.29, 0.717) is 34.2 Å². The summed E-state index contributed by atoms with van der Waals surface area (Å²) in [6.07, 6.45) is -1.86. The van der Waals surface area contributed by atoms with E-state index < -0.39 is 44.9 Å². The number of anilines is 4. The van der Waals surface area contributed by atoms with Crippen LogP contribution in [0.4, 0.5) is 32.7 Å². The lowest BCUT2D eigenvalue weighted by Crippen LogP contribution is -2.41. The van der Waals surface area contributed by atoms with Crippen molar-refractivity contribution in [2.75, 3.05) is 53.9 Å². The van der Waals surface area contributed by atoms with Gasteiger partial charge in [0.05, 0.1) is 42.3 Å². The number of imide groups is 1. The maximum absolute atomic E-state index is 13.8. The van der Waals surface area contributed by atoms with Gasteiger partial charge in [-0.05, 0) is 68.7 Å². The minimum absolute atomic E-state index is 0.0503. The zero-order valence-corrected chi connectivity index (χ0v) is 29.6. The average Bonchev–Trinajstić information content (AvgIpc) is 3.68. The number of carbonyl (C=O) groups is 3. The van der Waals surface area contributed by atoms with Gasteiger partial charge in [0.2, 0.25) is 17.5 Å². The molecule has 7 rings (SSSR count). The van der Waals surface area contributed by atoms with Gasteiger partial charge in [-0.25, -0.2) is 22.9 Å². The highest BCUT2D eigenvalue weighted by Gasteiger charge is 2.68. The Balaban J connectivity index is 1.32. The molecule has 2 N–H and O–H groups in total. The lowest BCUT2D eigenvalue weighted by atomic mass is 9.91. The number of nitrogens with zero attached hydrogens (tertiary/aromatic N) is 7. The highest BCUT2D eigenvalue weighted by molar-refractivity contribution is 7.91. The minimum atomic E-state index is -3.22. The topological polar surface area (TPSA) is 219 Å². The highest BCUT2D eigenvalue weighted by atomic mass is 32.2. The number of nitriles is 1. The summed E-state index contributed by atoms with van der Waals surface area (Å²) in [5.74, 6) is -0.382. The van der Waals surface area contributed by atoms with Gasteiger partial charge in [0.25, 0.3) is 0 Å². The third kappa shape index (κ3) is 5.66. The molecule has 1 saturated carbocycles. The summed E-state index contributed by atoms with van der Waals surface area (Å²) in [5.41, 5.74) is -0.245. The van der Waals surface area contributed by atoms with Gasteiger partial charge < -0.3 is 29.5 Å². The second kappa shape index (κ2) is 12.1. The fourth-order valence-electron chi connectivity index (χ4n) is 6.91. The zero-order valence-electron chi connectivity index (χ0n) is 28.8. The SMILES string of the molecule is COc1ccc2c(c1)[C@]1(C[C@H]1c1ccc3c(Nc4nc(C#N)nc(N5CCS(=O)(=O)CC5)c4OC)nn(C(=O)OC(C)(C)C)c3c1)C(=O)N2C(=O)O. The van der Waals surface area contributed by atoms with Crippen LogP contribution in [0.1, 0.15) is 50.1 Å². The normalized spacial score (nSPS) is 20.4. The van der Waals surface area contributed by atoms with Gasteiger partial charge in [-0.1, -0.05) is 6.07 Å². The highest BCUT2D eigenvalue weighted by Crippen LogP contribution is 2.67. The van der Waals surface area contributed by atoms with Gasteiger partial charge in [0.15, 0.2) is 27.3 Å². The lowest BCUT2D eigenvalue weighted by Gasteiger charge is -2.29. The molecule has 1 saturated heterocycles. The number of rotatable bonds is 6. The number of amides is 2. The van der Waals surface area contributed by atoms with Crippen LogP contribution < -0.4 is 24.6 Å². The summed E-state index contributed by atoms with van der Waals surface area (Å²) in [6.45, 7) is 5.40. The molecule has 52 heavy (non-hydrogen) atoms. The van der Waals surface area contributed by atoms with E-state index in [2.05, 4.69) is 20.4 Å². The van der Waals surface area contributed by atoms with E-state index >= 15 is 0 Å². The number of methoxy groups -OCH3 is 2. The zero-order chi connectivity index (χ0) is 37.3. The number of fused-ring (bicyclic) bond motifs is 3. The van der Waals surface area contributed by atoms with Crippen LogP contribution in [-0.4, -0.2) is 95.8 Å².